The van der Waals surface area contributed by atoms with Crippen LogP contribution >= 0.6 is 22.9 Å². The van der Waals surface area contributed by atoms with Crippen LogP contribution in [0.2, 0.25) is 5.02 Å². The van der Waals surface area contributed by atoms with Crippen LogP contribution in [0.5, 0.6) is 0 Å². The quantitative estimate of drug-likeness (QED) is 0.362. The van der Waals surface area contributed by atoms with Gasteiger partial charge in [0.2, 0.25) is 0 Å². The highest BCUT2D eigenvalue weighted by atomic mass is 35.5. The molecule has 4 rings (SSSR count). The predicted molar refractivity (Wildman–Crippen MR) is 117 cm³/mol. The van der Waals surface area contributed by atoms with Crippen LogP contribution in [0.4, 0.5) is 8.78 Å². The Hall–Kier alpha value is -2.60. The number of thiophene rings is 1. The number of aliphatic hydroxyl groups excluding tert-OH is 1. The van der Waals surface area contributed by atoms with Crippen LogP contribution < -0.4 is 0 Å². The smallest absolute Gasteiger partial charge is 0.133 e. The third-order valence-corrected chi connectivity index (χ3v) is 6.55. The van der Waals surface area contributed by atoms with E-state index in [0.717, 1.165) is 16.5 Å². The van der Waals surface area contributed by atoms with Gasteiger partial charge in [-0.05, 0) is 41.3 Å². The summed E-state index contributed by atoms with van der Waals surface area (Å²) in [5.41, 5.74) is 3.02. The van der Waals surface area contributed by atoms with E-state index in [4.69, 9.17) is 11.6 Å². The molecule has 0 aliphatic heterocycles. The third-order valence-electron chi connectivity index (χ3n) is 5.12. The maximum atomic E-state index is 14.6. The van der Waals surface area contributed by atoms with Gasteiger partial charge in [0.15, 0.2) is 0 Å². The summed E-state index contributed by atoms with van der Waals surface area (Å²) in [6.45, 7) is 2.03. The molecule has 1 N–H and O–H groups in total. The first-order valence-corrected chi connectivity index (χ1v) is 10.6. The summed E-state index contributed by atoms with van der Waals surface area (Å²) in [6.07, 6.45) is 2.21. The Morgan fingerprint density at radius 1 is 1.00 bits per heavy atom. The molecule has 0 fully saturated rings. The van der Waals surface area contributed by atoms with Crippen molar-refractivity contribution in [1.29, 1.82) is 0 Å². The van der Waals surface area contributed by atoms with Crippen LogP contribution in [-0.2, 0) is 0 Å². The lowest BCUT2D eigenvalue weighted by molar-refractivity contribution is 0.219. The first kappa shape index (κ1) is 20.7. The number of halogens is 3. The minimum absolute atomic E-state index is 0.0640. The largest absolute Gasteiger partial charge is 0.384 e. The van der Waals surface area contributed by atoms with Crippen molar-refractivity contribution in [2.75, 3.05) is 0 Å². The Morgan fingerprint density at radius 2 is 1.77 bits per heavy atom. The van der Waals surface area contributed by atoms with Crippen molar-refractivity contribution in [2.24, 2.45) is 0 Å². The molecular weight excluding hydrogens is 424 g/mol. The van der Waals surface area contributed by atoms with Gasteiger partial charge in [-0.1, -0.05) is 36.7 Å². The van der Waals surface area contributed by atoms with Gasteiger partial charge in [-0.3, -0.25) is 4.98 Å². The van der Waals surface area contributed by atoms with Gasteiger partial charge < -0.3 is 5.11 Å². The fourth-order valence-corrected chi connectivity index (χ4v) is 4.84. The molecule has 2 heterocycles. The summed E-state index contributed by atoms with van der Waals surface area (Å²) in [5, 5.41) is 13.7. The van der Waals surface area contributed by atoms with Gasteiger partial charge in [-0.25, -0.2) is 8.78 Å². The van der Waals surface area contributed by atoms with Crippen molar-refractivity contribution in [3.8, 4) is 11.1 Å². The molecule has 0 aliphatic rings. The molecule has 2 unspecified atom stereocenters. The highest BCUT2D eigenvalue weighted by Crippen LogP contribution is 2.44. The van der Waals surface area contributed by atoms with Crippen molar-refractivity contribution >= 4 is 22.9 Å². The minimum atomic E-state index is -1.01. The molecule has 0 saturated heterocycles. The van der Waals surface area contributed by atoms with Crippen molar-refractivity contribution in [3.05, 3.63) is 111 Å². The maximum Gasteiger partial charge on any atom is 0.133 e. The van der Waals surface area contributed by atoms with Crippen LogP contribution in [0.15, 0.2) is 72.4 Å². The Bertz CT molecular complexity index is 1160. The topological polar surface area (TPSA) is 33.1 Å². The second-order valence-corrected chi connectivity index (χ2v) is 8.36. The lowest BCUT2D eigenvalue weighted by Crippen LogP contribution is -2.06. The zero-order valence-corrected chi connectivity index (χ0v) is 17.6. The number of aliphatic hydroxyl groups is 1. The number of nitrogens with zero attached hydrogens (tertiary/aromatic N) is 1. The summed E-state index contributed by atoms with van der Waals surface area (Å²) in [6, 6.07) is 14.5. The van der Waals surface area contributed by atoms with Crippen molar-refractivity contribution in [1.82, 2.24) is 4.98 Å². The highest BCUT2D eigenvalue weighted by molar-refractivity contribution is 7.10. The zero-order chi connectivity index (χ0) is 21.3. The first-order chi connectivity index (χ1) is 14.5. The van der Waals surface area contributed by atoms with Crippen LogP contribution in [0, 0.1) is 11.6 Å². The normalized spacial score (nSPS) is 13.2. The second-order valence-electron chi connectivity index (χ2n) is 7.01. The van der Waals surface area contributed by atoms with Crippen LogP contribution in [-0.4, -0.2) is 10.1 Å². The molecule has 0 bridgehead atoms. The van der Waals surface area contributed by atoms with E-state index in [1.54, 1.807) is 24.5 Å². The molecule has 0 aliphatic carbocycles. The van der Waals surface area contributed by atoms with E-state index >= 15 is 0 Å². The Balaban J connectivity index is 1.88. The van der Waals surface area contributed by atoms with Gasteiger partial charge in [-0.2, -0.15) is 0 Å². The fourth-order valence-electron chi connectivity index (χ4n) is 3.52. The SMILES string of the molecule is CC(c1ccc(Cl)cc1)c1scc(-c2ccc(F)cc2F)c1C(O)c1cccnc1. The number of aromatic nitrogens is 1. The molecule has 0 saturated carbocycles. The van der Waals surface area contributed by atoms with Crippen molar-refractivity contribution < 1.29 is 13.9 Å². The van der Waals surface area contributed by atoms with E-state index in [1.807, 2.05) is 36.6 Å². The summed E-state index contributed by atoms with van der Waals surface area (Å²) in [7, 11) is 0. The van der Waals surface area contributed by atoms with Gasteiger partial charge in [0.05, 0.1) is 0 Å². The molecule has 2 nitrogen and oxygen atoms in total. The van der Waals surface area contributed by atoms with Gasteiger partial charge in [0.25, 0.3) is 0 Å². The van der Waals surface area contributed by atoms with Gasteiger partial charge in [0.1, 0.15) is 17.7 Å². The number of pyridine rings is 1. The molecule has 30 heavy (non-hydrogen) atoms. The van der Waals surface area contributed by atoms with E-state index in [9.17, 15) is 13.9 Å². The number of benzene rings is 2. The predicted octanol–water partition coefficient (Wildman–Crippen LogP) is 6.98. The Labute approximate surface area is 182 Å². The van der Waals surface area contributed by atoms with Gasteiger partial charge in [0, 0.05) is 56.5 Å². The van der Waals surface area contributed by atoms with Crippen molar-refractivity contribution in [3.63, 3.8) is 0 Å². The Kier molecular flexibility index (Phi) is 5.95. The minimum Gasteiger partial charge on any atom is -0.384 e. The van der Waals surface area contributed by atoms with E-state index in [-0.39, 0.29) is 11.5 Å². The van der Waals surface area contributed by atoms with Crippen LogP contribution in [0.3, 0.4) is 0 Å². The molecule has 2 aromatic heterocycles. The average molecular weight is 442 g/mol. The maximum absolute atomic E-state index is 14.6. The monoisotopic (exact) mass is 441 g/mol. The second kappa shape index (κ2) is 8.64. The zero-order valence-electron chi connectivity index (χ0n) is 16.0. The molecule has 2 aromatic carbocycles. The van der Waals surface area contributed by atoms with E-state index < -0.39 is 17.7 Å². The molecule has 2 atom stereocenters. The van der Waals surface area contributed by atoms with Crippen LogP contribution in [0.25, 0.3) is 11.1 Å². The molecule has 0 radical (unpaired) electrons. The standard InChI is InChI=1S/C24H18ClF2NOS/c1-14(15-4-6-17(25)7-5-15)24-22(23(29)16-3-2-10-28-12-16)20(13-30-24)19-9-8-18(26)11-21(19)27/h2-14,23,29H,1H3. The molecule has 4 aromatic rings. The molecule has 0 amide bonds. The number of hydrogen-bond donors (Lipinski definition) is 1. The third kappa shape index (κ3) is 4.01. The summed E-state index contributed by atoms with van der Waals surface area (Å²) in [5.74, 6) is -1.38. The van der Waals surface area contributed by atoms with E-state index in [0.29, 0.717) is 21.7 Å². The molecule has 6 heteroatoms. The lowest BCUT2D eigenvalue weighted by atomic mass is 9.89. The Morgan fingerprint density at radius 3 is 2.43 bits per heavy atom. The first-order valence-electron chi connectivity index (χ1n) is 9.36. The number of hydrogen-bond acceptors (Lipinski definition) is 3. The lowest BCUT2D eigenvalue weighted by Gasteiger charge is -2.19. The molecule has 152 valence electrons. The van der Waals surface area contributed by atoms with Crippen LogP contribution in [0.1, 0.15) is 40.5 Å². The van der Waals surface area contributed by atoms with Gasteiger partial charge >= 0.3 is 0 Å². The summed E-state index contributed by atoms with van der Waals surface area (Å²) < 4.78 is 28.1. The van der Waals surface area contributed by atoms with E-state index in [2.05, 4.69) is 4.98 Å². The average Bonchev–Trinajstić information content (AvgIpc) is 3.18. The summed E-state index contributed by atoms with van der Waals surface area (Å²) in [4.78, 5) is 4.99. The molecule has 0 spiro atoms. The highest BCUT2D eigenvalue weighted by Gasteiger charge is 2.26. The van der Waals surface area contributed by atoms with E-state index in [1.165, 1.54) is 23.5 Å². The summed E-state index contributed by atoms with van der Waals surface area (Å²) >= 11 is 7.46. The number of rotatable bonds is 5. The molecular formula is C24H18ClF2NOS. The fraction of sp³-hybridized carbons (Fsp3) is 0.125. The van der Waals surface area contributed by atoms with Crippen molar-refractivity contribution in [2.45, 2.75) is 18.9 Å². The van der Waals surface area contributed by atoms with Gasteiger partial charge in [-0.15, -0.1) is 11.3 Å².